The lowest BCUT2D eigenvalue weighted by Crippen LogP contribution is -2.35. The number of imidazole rings is 1. The average molecular weight is 425 g/mol. The van der Waals surface area contributed by atoms with Gasteiger partial charge in [0.25, 0.3) is 5.91 Å². The molecule has 1 aliphatic heterocycles. The predicted octanol–water partition coefficient (Wildman–Crippen LogP) is 4.03. The van der Waals surface area contributed by atoms with E-state index >= 15 is 0 Å². The van der Waals surface area contributed by atoms with Crippen LogP contribution in [0.25, 0.3) is 0 Å². The van der Waals surface area contributed by atoms with Crippen molar-refractivity contribution in [1.82, 2.24) is 19.9 Å². The molecule has 4 rings (SSSR count). The Labute approximate surface area is 180 Å². The number of amides is 1. The molecule has 1 amide bonds. The number of anilines is 2. The topological polar surface area (TPSA) is 85.9 Å². The molecule has 0 bridgehead atoms. The summed E-state index contributed by atoms with van der Waals surface area (Å²) in [5.41, 5.74) is 1.44. The first kappa shape index (κ1) is 20.4. The van der Waals surface area contributed by atoms with E-state index in [0.29, 0.717) is 22.3 Å². The lowest BCUT2D eigenvalue weighted by Gasteiger charge is -2.31. The van der Waals surface area contributed by atoms with Gasteiger partial charge < -0.3 is 15.6 Å². The van der Waals surface area contributed by atoms with Gasteiger partial charge in [0.1, 0.15) is 11.6 Å². The molecule has 1 saturated heterocycles. The first-order chi connectivity index (χ1) is 14.7. The van der Waals surface area contributed by atoms with Gasteiger partial charge in [-0.25, -0.2) is 9.97 Å². The zero-order valence-corrected chi connectivity index (χ0v) is 17.4. The van der Waals surface area contributed by atoms with Crippen molar-refractivity contribution in [1.29, 1.82) is 0 Å². The summed E-state index contributed by atoms with van der Waals surface area (Å²) in [6.45, 7) is 3.82. The van der Waals surface area contributed by atoms with Gasteiger partial charge in [-0.05, 0) is 56.1 Å². The Balaban J connectivity index is 1.30. The number of nitrogens with one attached hydrogen (secondary N) is 3. The molecule has 0 aliphatic carbocycles. The van der Waals surface area contributed by atoms with Gasteiger partial charge in [0.05, 0.1) is 17.1 Å². The van der Waals surface area contributed by atoms with E-state index in [2.05, 4.69) is 30.5 Å². The highest BCUT2D eigenvalue weighted by Crippen LogP contribution is 2.22. The highest BCUT2D eigenvalue weighted by atomic mass is 35.5. The van der Waals surface area contributed by atoms with Crippen LogP contribution in [-0.4, -0.2) is 45.4 Å². The zero-order chi connectivity index (χ0) is 20.8. The molecule has 2 aromatic heterocycles. The summed E-state index contributed by atoms with van der Waals surface area (Å²) in [5, 5.41) is 6.84. The number of nitrogens with zero attached hydrogens (tertiary/aromatic N) is 3. The number of aromatic amines is 1. The summed E-state index contributed by atoms with van der Waals surface area (Å²) in [6.07, 6.45) is 7.41. The van der Waals surface area contributed by atoms with Gasteiger partial charge in [0.2, 0.25) is 0 Å². The molecular formula is C22H25ClN6O. The van der Waals surface area contributed by atoms with Crippen LogP contribution in [0.1, 0.15) is 29.0 Å². The second kappa shape index (κ2) is 9.73. The van der Waals surface area contributed by atoms with Crippen LogP contribution in [0.3, 0.4) is 0 Å². The number of carbonyl (C=O) groups excluding carboxylic acids is 1. The molecular weight excluding hydrogens is 400 g/mol. The number of benzene rings is 1. The molecule has 8 heteroatoms. The van der Waals surface area contributed by atoms with E-state index in [-0.39, 0.29) is 5.91 Å². The highest BCUT2D eigenvalue weighted by molar-refractivity contribution is 6.30. The molecule has 0 radical (unpaired) electrons. The van der Waals surface area contributed by atoms with Gasteiger partial charge in [-0.3, -0.25) is 9.69 Å². The number of hydrogen-bond acceptors (Lipinski definition) is 5. The van der Waals surface area contributed by atoms with Crippen molar-refractivity contribution in [3.63, 3.8) is 0 Å². The van der Waals surface area contributed by atoms with Gasteiger partial charge in [0.15, 0.2) is 0 Å². The van der Waals surface area contributed by atoms with Crippen molar-refractivity contribution in [3.05, 3.63) is 71.4 Å². The fourth-order valence-corrected chi connectivity index (χ4v) is 3.78. The summed E-state index contributed by atoms with van der Waals surface area (Å²) in [6, 6.07) is 10.9. The lowest BCUT2D eigenvalue weighted by atomic mass is 9.96. The molecule has 3 aromatic rings. The number of rotatable bonds is 7. The van der Waals surface area contributed by atoms with Crippen molar-refractivity contribution < 1.29 is 4.79 Å². The summed E-state index contributed by atoms with van der Waals surface area (Å²) in [7, 11) is 0. The number of piperidine rings is 1. The van der Waals surface area contributed by atoms with E-state index in [9.17, 15) is 4.79 Å². The van der Waals surface area contributed by atoms with E-state index in [1.54, 1.807) is 18.3 Å². The molecule has 3 heterocycles. The zero-order valence-electron chi connectivity index (χ0n) is 16.6. The van der Waals surface area contributed by atoms with Gasteiger partial charge in [0, 0.05) is 30.8 Å². The Bertz CT molecular complexity index is 952. The molecule has 156 valence electrons. The molecule has 3 N–H and O–H groups in total. The van der Waals surface area contributed by atoms with Gasteiger partial charge >= 0.3 is 0 Å². The van der Waals surface area contributed by atoms with Crippen molar-refractivity contribution >= 4 is 29.0 Å². The number of aromatic nitrogens is 3. The van der Waals surface area contributed by atoms with Crippen LogP contribution < -0.4 is 10.6 Å². The van der Waals surface area contributed by atoms with E-state index in [4.69, 9.17) is 11.6 Å². The average Bonchev–Trinajstić information content (AvgIpc) is 3.28. The third-order valence-corrected chi connectivity index (χ3v) is 5.58. The normalized spacial score (nSPS) is 15.1. The van der Waals surface area contributed by atoms with Crippen LogP contribution in [0.15, 0.2) is 55.0 Å². The number of H-pyrrole nitrogens is 1. The lowest BCUT2D eigenvalue weighted by molar-refractivity contribution is 0.102. The fraction of sp³-hybridized carbons (Fsp3) is 0.318. The van der Waals surface area contributed by atoms with Crippen molar-refractivity contribution in [2.45, 2.75) is 19.4 Å². The Morgan fingerprint density at radius 3 is 2.73 bits per heavy atom. The molecule has 7 nitrogen and oxygen atoms in total. The first-order valence-corrected chi connectivity index (χ1v) is 10.5. The van der Waals surface area contributed by atoms with Crippen LogP contribution in [0.4, 0.5) is 11.5 Å². The standard InChI is InChI=1S/C22H25ClN6O/c23-17-5-6-20(27-14-17)28-22(30)18-3-1-2-4-19(18)26-13-16-7-11-29(12-8-16)15-21-24-9-10-25-21/h1-6,9-10,14,16,26H,7-8,11-13,15H2,(H,24,25)(H,27,28,30). The second-order valence-corrected chi connectivity index (χ2v) is 7.93. The highest BCUT2D eigenvalue weighted by Gasteiger charge is 2.20. The second-order valence-electron chi connectivity index (χ2n) is 7.50. The number of halogens is 1. The van der Waals surface area contributed by atoms with Gasteiger partial charge in [-0.15, -0.1) is 0 Å². The Morgan fingerprint density at radius 2 is 2.00 bits per heavy atom. The van der Waals surface area contributed by atoms with Crippen LogP contribution in [0.2, 0.25) is 5.02 Å². The molecule has 0 unspecified atom stereocenters. The van der Waals surface area contributed by atoms with Crippen molar-refractivity contribution in [3.8, 4) is 0 Å². The van der Waals surface area contributed by atoms with Crippen molar-refractivity contribution in [2.24, 2.45) is 5.92 Å². The molecule has 1 fully saturated rings. The SMILES string of the molecule is O=C(Nc1ccc(Cl)cn1)c1ccccc1NCC1CCN(Cc2ncc[nH]2)CC1. The summed E-state index contributed by atoms with van der Waals surface area (Å²) >= 11 is 5.86. The summed E-state index contributed by atoms with van der Waals surface area (Å²) in [4.78, 5) is 26.8. The van der Waals surface area contributed by atoms with E-state index < -0.39 is 0 Å². The fourth-order valence-electron chi connectivity index (χ4n) is 3.67. The number of hydrogen-bond donors (Lipinski definition) is 3. The number of para-hydroxylation sites is 1. The molecule has 30 heavy (non-hydrogen) atoms. The minimum atomic E-state index is -0.193. The van der Waals surface area contributed by atoms with E-state index in [1.807, 2.05) is 30.5 Å². The largest absolute Gasteiger partial charge is 0.384 e. The molecule has 1 aliphatic rings. The minimum absolute atomic E-state index is 0.193. The quantitative estimate of drug-likeness (QED) is 0.533. The van der Waals surface area contributed by atoms with Crippen LogP contribution >= 0.6 is 11.6 Å². The maximum Gasteiger partial charge on any atom is 0.258 e. The summed E-state index contributed by atoms with van der Waals surface area (Å²) in [5.74, 6) is 1.87. The third-order valence-electron chi connectivity index (χ3n) is 5.36. The maximum absolute atomic E-state index is 12.7. The third kappa shape index (κ3) is 5.37. The molecule has 0 saturated carbocycles. The maximum atomic E-state index is 12.7. The Hall–Kier alpha value is -2.90. The molecule has 1 aromatic carbocycles. The van der Waals surface area contributed by atoms with Crippen LogP contribution in [0, 0.1) is 5.92 Å². The minimum Gasteiger partial charge on any atom is -0.384 e. The number of carbonyl (C=O) groups is 1. The van der Waals surface area contributed by atoms with Crippen molar-refractivity contribution in [2.75, 3.05) is 30.3 Å². The van der Waals surface area contributed by atoms with Gasteiger partial charge in [-0.2, -0.15) is 0 Å². The van der Waals surface area contributed by atoms with Gasteiger partial charge in [-0.1, -0.05) is 23.7 Å². The van der Waals surface area contributed by atoms with E-state index in [0.717, 1.165) is 50.5 Å². The van der Waals surface area contributed by atoms with E-state index in [1.165, 1.54) is 6.20 Å². The first-order valence-electron chi connectivity index (χ1n) is 10.1. The number of pyridine rings is 1. The Kier molecular flexibility index (Phi) is 6.61. The predicted molar refractivity (Wildman–Crippen MR) is 119 cm³/mol. The van der Waals surface area contributed by atoms with Crippen LogP contribution in [0.5, 0.6) is 0 Å². The summed E-state index contributed by atoms with van der Waals surface area (Å²) < 4.78 is 0. The Morgan fingerprint density at radius 1 is 1.17 bits per heavy atom. The monoisotopic (exact) mass is 424 g/mol. The molecule has 0 atom stereocenters. The molecule has 0 spiro atoms. The number of likely N-dealkylation sites (tertiary alicyclic amines) is 1. The van der Waals surface area contributed by atoms with Crippen LogP contribution in [-0.2, 0) is 6.54 Å². The smallest absolute Gasteiger partial charge is 0.258 e.